The normalized spacial score (nSPS) is 9.75. The molecule has 0 aliphatic heterocycles. The van der Waals surface area contributed by atoms with Gasteiger partial charge in [-0.25, -0.2) is 4.52 Å². The number of hydrogen-bond donors (Lipinski definition) is 0. The number of nitrogens with one attached hydrogen (secondary N) is 1. The second-order valence-electron chi connectivity index (χ2n) is 1.63. The van der Waals surface area contributed by atoms with Crippen molar-refractivity contribution in [3.8, 4) is 0 Å². The molecule has 3 heteroatoms. The summed E-state index contributed by atoms with van der Waals surface area (Å²) in [6.45, 7) is 1.88. The van der Waals surface area contributed by atoms with Crippen LogP contribution in [0, 0.1) is 18.5 Å². The Morgan fingerprint density at radius 1 is 1.88 bits per heavy atom. The van der Waals surface area contributed by atoms with Crippen LogP contribution in [0.1, 0.15) is 11.5 Å². The Morgan fingerprint density at radius 2 is 2.62 bits per heavy atom. The van der Waals surface area contributed by atoms with Crippen LogP contribution in [0.3, 0.4) is 0 Å². The van der Waals surface area contributed by atoms with Gasteiger partial charge in [-0.1, -0.05) is 0 Å². The minimum absolute atomic E-state index is 0.595. The van der Waals surface area contributed by atoms with Gasteiger partial charge in [-0.05, 0) is 5.16 Å². The van der Waals surface area contributed by atoms with E-state index in [2.05, 4.69) is 5.16 Å². The van der Waals surface area contributed by atoms with E-state index in [4.69, 9.17) is 16.1 Å². The zero-order valence-corrected chi connectivity index (χ0v) is 5.42. The average molecular weight is 134 g/mol. The number of hydrogen-bond acceptors (Lipinski definition) is 1. The Hall–Kier alpha value is -0.500. The van der Waals surface area contributed by atoms with Crippen molar-refractivity contribution in [2.75, 3.05) is 0 Å². The number of rotatable bonds is 1. The number of aromatic amines is 1. The first-order chi connectivity index (χ1) is 3.83. The van der Waals surface area contributed by atoms with E-state index in [1.807, 2.05) is 13.0 Å². The van der Waals surface area contributed by atoms with Crippen LogP contribution < -0.4 is 5.16 Å². The molecular weight excluding hydrogens is 126 g/mol. The quantitative estimate of drug-likeness (QED) is 0.503. The Kier molecular flexibility index (Phi) is 1.53. The summed E-state index contributed by atoms with van der Waals surface area (Å²) < 4.78 is 4.86. The van der Waals surface area contributed by atoms with Crippen molar-refractivity contribution >= 4 is 0 Å². The van der Waals surface area contributed by atoms with Crippen LogP contribution in [0.4, 0.5) is 0 Å². The second kappa shape index (κ2) is 2.18. The zero-order valence-electron chi connectivity index (χ0n) is 4.60. The van der Waals surface area contributed by atoms with Crippen LogP contribution in [0.5, 0.6) is 0 Å². The summed E-state index contributed by atoms with van der Waals surface area (Å²) in [6.07, 6.45) is 0. The molecule has 8 heavy (non-hydrogen) atoms. The molecule has 0 spiro atoms. The fourth-order valence-electron chi connectivity index (χ4n) is 0.521. The molecule has 2 nitrogen and oxygen atoms in total. The fraction of sp³-hybridized carbons (Fsp3) is 0.400. The van der Waals surface area contributed by atoms with E-state index in [0.29, 0.717) is 5.88 Å². The highest BCUT2D eigenvalue weighted by Crippen LogP contribution is 1.95. The number of aromatic nitrogens is 1. The highest BCUT2D eigenvalue weighted by Gasteiger charge is 2.07. The molecule has 1 heterocycles. The molecule has 44 valence electrons. The molecule has 0 unspecified atom stereocenters. The molecule has 0 aliphatic rings. The molecule has 0 saturated carbocycles. The lowest BCUT2D eigenvalue weighted by molar-refractivity contribution is -0.628. The molecule has 0 aliphatic carbocycles. The first-order valence-corrected chi connectivity index (χ1v) is 2.96. The van der Waals surface area contributed by atoms with Gasteiger partial charge in [0.1, 0.15) is 11.6 Å². The predicted molar refractivity (Wildman–Crippen MR) is 25.1 cm³/mol. The zero-order chi connectivity index (χ0) is 5.98. The van der Waals surface area contributed by atoms with Gasteiger partial charge in [0, 0.05) is 6.92 Å². The lowest BCUT2D eigenvalue weighted by atomic mass is 10.4. The summed E-state index contributed by atoms with van der Waals surface area (Å²) >= 11 is 4.74. The summed E-state index contributed by atoms with van der Waals surface area (Å²) in [5.74, 6) is 1.47. The van der Waals surface area contributed by atoms with E-state index >= 15 is 0 Å². The average Bonchev–Trinajstić information content (AvgIpc) is 2.14. The molecule has 0 aromatic carbocycles. The summed E-state index contributed by atoms with van der Waals surface area (Å²) in [7, 11) is 0. The first kappa shape index (κ1) is 5.63. The van der Waals surface area contributed by atoms with E-state index < -0.39 is 0 Å². The standard InChI is InChI=1S/C5H7ClNO/c1-4-2-5(3-6)7-8-4/h2,6H,3H2,1H3/q+1/p+1. The Bertz CT molecular complexity index is 173. The molecular formula is C5H8ClNO+2. The molecule has 0 radical (unpaired) electrons. The van der Waals surface area contributed by atoms with Crippen LogP contribution in [-0.4, -0.2) is 0 Å². The third kappa shape index (κ3) is 1.01. The Morgan fingerprint density at radius 3 is 2.88 bits per heavy atom. The molecule has 1 aromatic rings. The maximum absolute atomic E-state index is 4.86. The van der Waals surface area contributed by atoms with Gasteiger partial charge in [-0.15, -0.1) is 0 Å². The monoisotopic (exact) mass is 133 g/mol. The van der Waals surface area contributed by atoms with Crippen LogP contribution in [-0.2, 0) is 5.88 Å². The molecule has 1 aromatic heterocycles. The smallest absolute Gasteiger partial charge is 0.243 e. The summed E-state index contributed by atoms with van der Waals surface area (Å²) in [5.41, 5.74) is 0.970. The highest BCUT2D eigenvalue weighted by atomic mass is 35.5. The van der Waals surface area contributed by atoms with Crippen molar-refractivity contribution in [2.24, 2.45) is 0 Å². The SMILES string of the molecule is Cc1cc(C[ClH+])[nH+]o1. The van der Waals surface area contributed by atoms with Gasteiger partial charge in [0.05, 0.1) is 6.07 Å². The molecule has 0 bridgehead atoms. The summed E-state index contributed by atoms with van der Waals surface area (Å²) in [4.78, 5) is 0. The molecule has 0 fully saturated rings. The fourth-order valence-corrected chi connectivity index (χ4v) is 0.664. The van der Waals surface area contributed by atoms with E-state index in [1.54, 1.807) is 0 Å². The van der Waals surface area contributed by atoms with Gasteiger partial charge in [0.2, 0.25) is 0 Å². The van der Waals surface area contributed by atoms with Crippen LogP contribution in [0.15, 0.2) is 10.6 Å². The van der Waals surface area contributed by atoms with E-state index in [0.717, 1.165) is 11.5 Å². The van der Waals surface area contributed by atoms with Gasteiger partial charge in [-0.3, -0.25) is 0 Å². The van der Waals surface area contributed by atoms with Gasteiger partial charge in [0.25, 0.3) is 11.6 Å². The lowest BCUT2D eigenvalue weighted by Crippen LogP contribution is -2.01. The molecule has 0 amide bonds. The Labute approximate surface area is 52.4 Å². The molecule has 0 atom stereocenters. The van der Waals surface area contributed by atoms with Crippen molar-refractivity contribution in [2.45, 2.75) is 12.8 Å². The third-order valence-electron chi connectivity index (χ3n) is 0.876. The van der Waals surface area contributed by atoms with Crippen molar-refractivity contribution in [3.63, 3.8) is 0 Å². The first-order valence-electron chi connectivity index (χ1n) is 2.38. The minimum Gasteiger partial charge on any atom is -0.243 e. The number of halogens is 1. The number of H-pyrrole nitrogens is 1. The largest absolute Gasteiger partial charge is 0.288 e. The van der Waals surface area contributed by atoms with E-state index in [-0.39, 0.29) is 0 Å². The van der Waals surface area contributed by atoms with Gasteiger partial charge in [-0.2, -0.15) is 0 Å². The maximum Gasteiger partial charge on any atom is 0.288 e. The van der Waals surface area contributed by atoms with E-state index in [1.165, 1.54) is 0 Å². The number of aryl methyl sites for hydroxylation is 1. The van der Waals surface area contributed by atoms with Crippen LogP contribution >= 0.6 is 0 Å². The molecule has 1 N–H and O–H groups in total. The highest BCUT2D eigenvalue weighted by molar-refractivity contribution is 4.95. The second-order valence-corrected chi connectivity index (χ2v) is 1.92. The van der Waals surface area contributed by atoms with Crippen LogP contribution in [0.2, 0.25) is 0 Å². The minimum atomic E-state index is 0.595. The van der Waals surface area contributed by atoms with Crippen LogP contribution in [0.25, 0.3) is 0 Å². The Balaban J connectivity index is 2.84. The topological polar surface area (TPSA) is 27.3 Å². The van der Waals surface area contributed by atoms with Crippen molar-refractivity contribution in [1.29, 1.82) is 0 Å². The summed E-state index contributed by atoms with van der Waals surface area (Å²) in [6, 6.07) is 1.90. The van der Waals surface area contributed by atoms with Crippen molar-refractivity contribution < 1.29 is 21.3 Å². The van der Waals surface area contributed by atoms with Gasteiger partial charge in [0.15, 0.2) is 5.76 Å². The lowest BCUT2D eigenvalue weighted by Gasteiger charge is -1.59. The molecule has 0 saturated heterocycles. The number of alkyl halides is 1. The van der Waals surface area contributed by atoms with E-state index in [9.17, 15) is 0 Å². The maximum atomic E-state index is 4.86. The third-order valence-corrected chi connectivity index (χ3v) is 1.19. The molecule has 1 rings (SSSR count). The predicted octanol–water partition coefficient (Wildman–Crippen LogP) is 0.184. The van der Waals surface area contributed by atoms with Gasteiger partial charge < -0.3 is 0 Å². The summed E-state index contributed by atoms with van der Waals surface area (Å²) in [5, 5.41) is 2.68. The van der Waals surface area contributed by atoms with Crippen molar-refractivity contribution in [1.82, 2.24) is 0 Å². The van der Waals surface area contributed by atoms with Gasteiger partial charge >= 0.3 is 0 Å². The van der Waals surface area contributed by atoms with Crippen molar-refractivity contribution in [3.05, 3.63) is 17.5 Å².